The molecule has 1 amide bonds. The predicted molar refractivity (Wildman–Crippen MR) is 85.5 cm³/mol. The summed E-state index contributed by atoms with van der Waals surface area (Å²) in [6.45, 7) is 2.20. The highest BCUT2D eigenvalue weighted by atomic mass is 32.1. The van der Waals surface area contributed by atoms with Crippen LogP contribution < -0.4 is 11.1 Å². The second-order valence-electron chi connectivity index (χ2n) is 5.62. The summed E-state index contributed by atoms with van der Waals surface area (Å²) < 4.78 is 0. The topological polar surface area (TPSA) is 55.1 Å². The van der Waals surface area contributed by atoms with Gasteiger partial charge in [-0.2, -0.15) is 0 Å². The molecule has 0 aromatic heterocycles. The third-order valence-electron chi connectivity index (χ3n) is 4.12. The molecule has 2 rings (SSSR count). The van der Waals surface area contributed by atoms with Crippen LogP contribution in [0, 0.1) is 5.92 Å². The lowest BCUT2D eigenvalue weighted by Crippen LogP contribution is -2.45. The lowest BCUT2D eigenvalue weighted by Gasteiger charge is -2.31. The molecule has 0 spiro atoms. The van der Waals surface area contributed by atoms with Crippen LogP contribution in [0.5, 0.6) is 0 Å². The smallest absolute Gasteiger partial charge is 0.234 e. The lowest BCUT2D eigenvalue weighted by atomic mass is 9.85. The molecule has 20 heavy (non-hydrogen) atoms. The van der Waals surface area contributed by atoms with Gasteiger partial charge in [-0.3, -0.25) is 4.79 Å². The number of nitrogens with two attached hydrogens (primary N) is 1. The fraction of sp³-hybridized carbons (Fsp3) is 0.500. The highest BCUT2D eigenvalue weighted by Crippen LogP contribution is 2.25. The van der Waals surface area contributed by atoms with Gasteiger partial charge in [-0.25, -0.2) is 0 Å². The van der Waals surface area contributed by atoms with Gasteiger partial charge >= 0.3 is 0 Å². The first-order valence-corrected chi connectivity index (χ1v) is 7.65. The van der Waals surface area contributed by atoms with E-state index in [0.717, 1.165) is 12.0 Å². The Hall–Kier alpha value is -1.42. The number of benzene rings is 1. The Kier molecular flexibility index (Phi) is 5.12. The standard InChI is InChI=1S/C16H22N2OS/c1-11-7-5-6-10-13(11)18-16(19)14(15(17)20)12-8-3-2-4-9-12/h2-4,8-9,11,13-14H,5-7,10H2,1H3,(H2,17,20)(H,18,19). The SMILES string of the molecule is CC1CCCCC1NC(=O)C(C(N)=S)c1ccccc1. The highest BCUT2D eigenvalue weighted by Gasteiger charge is 2.28. The molecule has 0 aliphatic heterocycles. The van der Waals surface area contributed by atoms with Crippen LogP contribution in [0.2, 0.25) is 0 Å². The number of hydrogen-bond donors (Lipinski definition) is 2. The van der Waals surface area contributed by atoms with E-state index < -0.39 is 5.92 Å². The minimum atomic E-state index is -0.527. The third-order valence-corrected chi connectivity index (χ3v) is 4.35. The first-order chi connectivity index (χ1) is 9.59. The van der Waals surface area contributed by atoms with Crippen molar-refractivity contribution in [2.24, 2.45) is 11.7 Å². The van der Waals surface area contributed by atoms with Gasteiger partial charge < -0.3 is 11.1 Å². The minimum absolute atomic E-state index is 0.0672. The summed E-state index contributed by atoms with van der Waals surface area (Å²) in [6, 6.07) is 9.76. The van der Waals surface area contributed by atoms with Crippen LogP contribution >= 0.6 is 12.2 Å². The fourth-order valence-electron chi connectivity index (χ4n) is 2.89. The van der Waals surface area contributed by atoms with Gasteiger partial charge in [0, 0.05) is 6.04 Å². The quantitative estimate of drug-likeness (QED) is 0.838. The largest absolute Gasteiger partial charge is 0.392 e. The predicted octanol–water partition coefficient (Wildman–Crippen LogP) is 2.75. The molecule has 3 N–H and O–H groups in total. The molecule has 1 aliphatic rings. The monoisotopic (exact) mass is 290 g/mol. The maximum absolute atomic E-state index is 12.5. The van der Waals surface area contributed by atoms with E-state index in [-0.39, 0.29) is 16.9 Å². The van der Waals surface area contributed by atoms with E-state index in [1.165, 1.54) is 19.3 Å². The van der Waals surface area contributed by atoms with Crippen molar-refractivity contribution in [2.75, 3.05) is 0 Å². The van der Waals surface area contributed by atoms with Gasteiger partial charge in [-0.1, -0.05) is 62.3 Å². The maximum atomic E-state index is 12.5. The minimum Gasteiger partial charge on any atom is -0.392 e. The summed E-state index contributed by atoms with van der Waals surface area (Å²) >= 11 is 5.09. The maximum Gasteiger partial charge on any atom is 0.234 e. The van der Waals surface area contributed by atoms with Gasteiger partial charge in [0.05, 0.1) is 4.99 Å². The average molecular weight is 290 g/mol. The second kappa shape index (κ2) is 6.84. The van der Waals surface area contributed by atoms with E-state index in [4.69, 9.17) is 18.0 Å². The lowest BCUT2D eigenvalue weighted by molar-refractivity contribution is -0.122. The Balaban J connectivity index is 2.10. The molecule has 0 heterocycles. The number of rotatable bonds is 4. The van der Waals surface area contributed by atoms with Crippen LogP contribution in [0.3, 0.4) is 0 Å². The van der Waals surface area contributed by atoms with Gasteiger partial charge in [-0.05, 0) is 24.3 Å². The average Bonchev–Trinajstić information content (AvgIpc) is 2.42. The first kappa shape index (κ1) is 15.0. The van der Waals surface area contributed by atoms with E-state index in [2.05, 4.69) is 12.2 Å². The molecule has 3 nitrogen and oxygen atoms in total. The number of carbonyl (C=O) groups excluding carboxylic acids is 1. The molecule has 3 unspecified atom stereocenters. The van der Waals surface area contributed by atoms with Gasteiger partial charge in [0.2, 0.25) is 5.91 Å². The molecule has 0 bridgehead atoms. The summed E-state index contributed by atoms with van der Waals surface area (Å²) in [5.74, 6) is -0.0711. The Morgan fingerprint density at radius 2 is 1.95 bits per heavy atom. The summed E-state index contributed by atoms with van der Waals surface area (Å²) in [7, 11) is 0. The van der Waals surface area contributed by atoms with Crippen LogP contribution in [0.15, 0.2) is 30.3 Å². The van der Waals surface area contributed by atoms with E-state index >= 15 is 0 Å². The molecule has 0 saturated heterocycles. The van der Waals surface area contributed by atoms with E-state index in [1.807, 2.05) is 30.3 Å². The van der Waals surface area contributed by atoms with Crippen LogP contribution in [-0.4, -0.2) is 16.9 Å². The Labute approximate surface area is 125 Å². The summed E-state index contributed by atoms with van der Waals surface area (Å²) in [6.07, 6.45) is 4.66. The molecular formula is C16H22N2OS. The first-order valence-electron chi connectivity index (χ1n) is 7.24. The highest BCUT2D eigenvalue weighted by molar-refractivity contribution is 7.80. The summed E-state index contributed by atoms with van der Waals surface area (Å²) in [4.78, 5) is 12.8. The molecule has 1 fully saturated rings. The van der Waals surface area contributed by atoms with Crippen molar-refractivity contribution in [1.82, 2.24) is 5.32 Å². The van der Waals surface area contributed by atoms with Crippen molar-refractivity contribution in [3.05, 3.63) is 35.9 Å². The van der Waals surface area contributed by atoms with Gasteiger partial charge in [0.15, 0.2) is 0 Å². The molecule has 1 saturated carbocycles. The summed E-state index contributed by atoms with van der Waals surface area (Å²) in [5, 5.41) is 3.14. The van der Waals surface area contributed by atoms with Crippen LogP contribution in [-0.2, 0) is 4.79 Å². The molecule has 1 aromatic carbocycles. The number of nitrogens with one attached hydrogen (secondary N) is 1. The Bertz CT molecular complexity index is 475. The van der Waals surface area contributed by atoms with Crippen molar-refractivity contribution in [3.63, 3.8) is 0 Å². The molecule has 1 aliphatic carbocycles. The zero-order valence-electron chi connectivity index (χ0n) is 11.8. The molecule has 108 valence electrons. The molecule has 3 atom stereocenters. The second-order valence-corrected chi connectivity index (χ2v) is 6.09. The van der Waals surface area contributed by atoms with Crippen LogP contribution in [0.4, 0.5) is 0 Å². The number of hydrogen-bond acceptors (Lipinski definition) is 2. The molecule has 4 heteroatoms. The van der Waals surface area contributed by atoms with Crippen molar-refractivity contribution in [1.29, 1.82) is 0 Å². The van der Waals surface area contributed by atoms with Gasteiger partial charge in [-0.15, -0.1) is 0 Å². The molecule has 0 radical (unpaired) electrons. The zero-order valence-corrected chi connectivity index (χ0v) is 12.7. The fourth-order valence-corrected chi connectivity index (χ4v) is 3.13. The van der Waals surface area contributed by atoms with E-state index in [0.29, 0.717) is 5.92 Å². The van der Waals surface area contributed by atoms with E-state index in [1.54, 1.807) is 0 Å². The van der Waals surface area contributed by atoms with Crippen molar-refractivity contribution in [2.45, 2.75) is 44.6 Å². The Morgan fingerprint density at radius 1 is 1.30 bits per heavy atom. The molecular weight excluding hydrogens is 268 g/mol. The number of amides is 1. The third kappa shape index (κ3) is 3.57. The molecule has 1 aromatic rings. The van der Waals surface area contributed by atoms with Gasteiger partial charge in [0.1, 0.15) is 5.92 Å². The van der Waals surface area contributed by atoms with Crippen LogP contribution in [0.1, 0.15) is 44.1 Å². The van der Waals surface area contributed by atoms with Crippen molar-refractivity contribution in [3.8, 4) is 0 Å². The van der Waals surface area contributed by atoms with Crippen LogP contribution in [0.25, 0.3) is 0 Å². The Morgan fingerprint density at radius 3 is 2.55 bits per heavy atom. The van der Waals surface area contributed by atoms with Crippen molar-refractivity contribution < 1.29 is 4.79 Å². The van der Waals surface area contributed by atoms with Gasteiger partial charge in [0.25, 0.3) is 0 Å². The number of carbonyl (C=O) groups is 1. The number of thiocarbonyl (C=S) groups is 1. The summed E-state index contributed by atoms with van der Waals surface area (Å²) in [5.41, 5.74) is 6.64. The van der Waals surface area contributed by atoms with E-state index in [9.17, 15) is 4.79 Å². The normalized spacial score (nSPS) is 23.9. The van der Waals surface area contributed by atoms with Crippen molar-refractivity contribution >= 4 is 23.1 Å². The zero-order chi connectivity index (χ0) is 14.5.